The zero-order chi connectivity index (χ0) is 13.5. The molecule has 1 atom stereocenters. The van der Waals surface area contributed by atoms with Crippen molar-refractivity contribution in [3.05, 3.63) is 29.8 Å². The van der Waals surface area contributed by atoms with Crippen LogP contribution in [0.4, 0.5) is 14.5 Å². The van der Waals surface area contributed by atoms with Crippen molar-refractivity contribution in [3.8, 4) is 0 Å². The standard InChI is InChI=1S/C13H18F2N2O/c1-3-9(2)16-7-6-13(18)17-12-5-4-10(14)8-11(12)15/h4-5,8-9,16H,3,6-7H2,1-2H3,(H,17,18). The van der Waals surface area contributed by atoms with Gasteiger partial charge < -0.3 is 10.6 Å². The number of carbonyl (C=O) groups excluding carboxylic acids is 1. The van der Waals surface area contributed by atoms with E-state index >= 15 is 0 Å². The van der Waals surface area contributed by atoms with Gasteiger partial charge in [0.2, 0.25) is 5.91 Å². The number of rotatable bonds is 6. The third kappa shape index (κ3) is 4.79. The van der Waals surface area contributed by atoms with E-state index in [0.29, 0.717) is 12.6 Å². The average Bonchev–Trinajstić information content (AvgIpc) is 2.32. The summed E-state index contributed by atoms with van der Waals surface area (Å²) in [6, 6.07) is 3.41. The van der Waals surface area contributed by atoms with Gasteiger partial charge in [-0.05, 0) is 25.5 Å². The van der Waals surface area contributed by atoms with Crippen molar-refractivity contribution in [2.75, 3.05) is 11.9 Å². The van der Waals surface area contributed by atoms with Crippen LogP contribution >= 0.6 is 0 Å². The molecule has 0 aromatic heterocycles. The average molecular weight is 256 g/mol. The van der Waals surface area contributed by atoms with Crippen LogP contribution in [-0.4, -0.2) is 18.5 Å². The van der Waals surface area contributed by atoms with E-state index in [9.17, 15) is 13.6 Å². The number of benzene rings is 1. The van der Waals surface area contributed by atoms with Crippen LogP contribution in [0.2, 0.25) is 0 Å². The van der Waals surface area contributed by atoms with Gasteiger partial charge in [0.1, 0.15) is 11.6 Å². The molecule has 0 bridgehead atoms. The van der Waals surface area contributed by atoms with E-state index in [4.69, 9.17) is 0 Å². The Kier molecular flexibility index (Phi) is 5.71. The van der Waals surface area contributed by atoms with Crippen molar-refractivity contribution in [2.45, 2.75) is 32.7 Å². The minimum absolute atomic E-state index is 0.00457. The Labute approximate surface area is 106 Å². The van der Waals surface area contributed by atoms with E-state index in [0.717, 1.165) is 18.6 Å². The van der Waals surface area contributed by atoms with Gasteiger partial charge in [-0.15, -0.1) is 0 Å². The number of halogens is 2. The number of nitrogens with one attached hydrogen (secondary N) is 2. The largest absolute Gasteiger partial charge is 0.324 e. The molecule has 0 saturated carbocycles. The quantitative estimate of drug-likeness (QED) is 0.821. The van der Waals surface area contributed by atoms with Gasteiger partial charge in [0.25, 0.3) is 0 Å². The molecule has 0 spiro atoms. The maximum Gasteiger partial charge on any atom is 0.225 e. The third-order valence-electron chi connectivity index (χ3n) is 2.66. The lowest BCUT2D eigenvalue weighted by Gasteiger charge is -2.11. The second-order valence-electron chi connectivity index (χ2n) is 4.19. The summed E-state index contributed by atoms with van der Waals surface area (Å²) in [5, 5.41) is 5.57. The molecule has 0 aliphatic heterocycles. The van der Waals surface area contributed by atoms with Crippen molar-refractivity contribution in [1.82, 2.24) is 5.32 Å². The summed E-state index contributed by atoms with van der Waals surface area (Å²) in [7, 11) is 0. The van der Waals surface area contributed by atoms with Gasteiger partial charge in [0, 0.05) is 25.1 Å². The fourth-order valence-corrected chi connectivity index (χ4v) is 1.38. The minimum atomic E-state index is -0.766. The summed E-state index contributed by atoms with van der Waals surface area (Å²) in [5.74, 6) is -1.72. The molecule has 0 saturated heterocycles. The topological polar surface area (TPSA) is 41.1 Å². The maximum atomic E-state index is 13.2. The second kappa shape index (κ2) is 7.06. The highest BCUT2D eigenvalue weighted by molar-refractivity contribution is 5.90. The molecule has 0 fully saturated rings. The molecule has 1 rings (SSSR count). The molecular weight excluding hydrogens is 238 g/mol. The molecule has 1 aromatic rings. The summed E-state index contributed by atoms with van der Waals surface area (Å²) in [4.78, 5) is 11.5. The lowest BCUT2D eigenvalue weighted by atomic mass is 10.2. The van der Waals surface area contributed by atoms with Gasteiger partial charge in [0.05, 0.1) is 5.69 Å². The van der Waals surface area contributed by atoms with E-state index in [-0.39, 0.29) is 18.0 Å². The van der Waals surface area contributed by atoms with Gasteiger partial charge >= 0.3 is 0 Å². The first-order valence-corrected chi connectivity index (χ1v) is 6.01. The maximum absolute atomic E-state index is 13.2. The van der Waals surface area contributed by atoms with Crippen molar-refractivity contribution in [2.24, 2.45) is 0 Å². The fourth-order valence-electron chi connectivity index (χ4n) is 1.38. The van der Waals surface area contributed by atoms with Crippen molar-refractivity contribution in [3.63, 3.8) is 0 Å². The first-order chi connectivity index (χ1) is 8.52. The predicted molar refractivity (Wildman–Crippen MR) is 67.4 cm³/mol. The molecule has 1 unspecified atom stereocenters. The molecule has 2 N–H and O–H groups in total. The van der Waals surface area contributed by atoms with Crippen LogP contribution in [0, 0.1) is 11.6 Å². The highest BCUT2D eigenvalue weighted by Gasteiger charge is 2.08. The molecule has 100 valence electrons. The molecule has 3 nitrogen and oxygen atoms in total. The highest BCUT2D eigenvalue weighted by Crippen LogP contribution is 2.14. The van der Waals surface area contributed by atoms with Gasteiger partial charge in [-0.25, -0.2) is 8.78 Å². The molecule has 0 radical (unpaired) electrons. The molecule has 18 heavy (non-hydrogen) atoms. The van der Waals surface area contributed by atoms with Gasteiger partial charge in [0.15, 0.2) is 0 Å². The van der Waals surface area contributed by atoms with Crippen LogP contribution in [-0.2, 0) is 4.79 Å². The number of anilines is 1. The lowest BCUT2D eigenvalue weighted by molar-refractivity contribution is -0.116. The Balaban J connectivity index is 2.40. The third-order valence-corrected chi connectivity index (χ3v) is 2.66. The number of amides is 1. The number of carbonyl (C=O) groups is 1. The van der Waals surface area contributed by atoms with Gasteiger partial charge in [-0.2, -0.15) is 0 Å². The molecule has 1 amide bonds. The minimum Gasteiger partial charge on any atom is -0.324 e. The fraction of sp³-hybridized carbons (Fsp3) is 0.462. The summed E-state index contributed by atoms with van der Waals surface area (Å²) in [5.41, 5.74) is 0.00457. The predicted octanol–water partition coefficient (Wildman–Crippen LogP) is 2.68. The lowest BCUT2D eigenvalue weighted by Crippen LogP contribution is -2.29. The van der Waals surface area contributed by atoms with Gasteiger partial charge in [-0.3, -0.25) is 4.79 Å². The Bertz CT molecular complexity index is 410. The summed E-state index contributed by atoms with van der Waals surface area (Å²) in [6.45, 7) is 4.60. The zero-order valence-electron chi connectivity index (χ0n) is 10.6. The molecule has 0 aliphatic rings. The van der Waals surface area contributed by atoms with Crippen molar-refractivity contribution in [1.29, 1.82) is 0 Å². The first-order valence-electron chi connectivity index (χ1n) is 6.01. The monoisotopic (exact) mass is 256 g/mol. The van der Waals surface area contributed by atoms with Crippen LogP contribution in [0.3, 0.4) is 0 Å². The smallest absolute Gasteiger partial charge is 0.225 e. The second-order valence-corrected chi connectivity index (χ2v) is 4.19. The van der Waals surface area contributed by atoms with Crippen LogP contribution in [0.15, 0.2) is 18.2 Å². The first kappa shape index (κ1) is 14.6. The molecular formula is C13H18F2N2O. The Morgan fingerprint density at radius 1 is 1.39 bits per heavy atom. The van der Waals surface area contributed by atoms with Gasteiger partial charge in [-0.1, -0.05) is 6.92 Å². The summed E-state index contributed by atoms with van der Waals surface area (Å²) >= 11 is 0. The van der Waals surface area contributed by atoms with Crippen molar-refractivity contribution >= 4 is 11.6 Å². The highest BCUT2D eigenvalue weighted by atomic mass is 19.1. The van der Waals surface area contributed by atoms with Crippen LogP contribution < -0.4 is 10.6 Å². The summed E-state index contributed by atoms with van der Waals surface area (Å²) < 4.78 is 25.9. The Morgan fingerprint density at radius 3 is 2.72 bits per heavy atom. The van der Waals surface area contributed by atoms with Crippen LogP contribution in [0.1, 0.15) is 26.7 Å². The van der Waals surface area contributed by atoms with E-state index in [1.165, 1.54) is 6.07 Å². The molecule has 0 aliphatic carbocycles. The molecule has 1 aromatic carbocycles. The normalized spacial score (nSPS) is 12.2. The van der Waals surface area contributed by atoms with E-state index in [1.54, 1.807) is 0 Å². The zero-order valence-corrected chi connectivity index (χ0v) is 10.6. The Morgan fingerprint density at radius 2 is 2.11 bits per heavy atom. The number of hydrogen-bond acceptors (Lipinski definition) is 2. The molecule has 5 heteroatoms. The van der Waals surface area contributed by atoms with Crippen molar-refractivity contribution < 1.29 is 13.6 Å². The summed E-state index contributed by atoms with van der Waals surface area (Å²) in [6.07, 6.45) is 1.23. The van der Waals surface area contributed by atoms with Crippen LogP contribution in [0.25, 0.3) is 0 Å². The SMILES string of the molecule is CCC(C)NCCC(=O)Nc1ccc(F)cc1F. The van der Waals surface area contributed by atoms with E-state index in [1.807, 2.05) is 13.8 Å². The Hall–Kier alpha value is -1.49. The van der Waals surface area contributed by atoms with E-state index < -0.39 is 11.6 Å². The molecule has 0 heterocycles. The number of hydrogen-bond donors (Lipinski definition) is 2. The van der Waals surface area contributed by atoms with Crippen LogP contribution in [0.5, 0.6) is 0 Å². The van der Waals surface area contributed by atoms with E-state index in [2.05, 4.69) is 10.6 Å².